The SMILES string of the molecule is CCNc1nc(C)cc(N2CCN(C(=O)/C=C/c3ccccc3)CC2)n1. The van der Waals surface area contributed by atoms with E-state index in [2.05, 4.69) is 20.2 Å². The monoisotopic (exact) mass is 351 g/mol. The van der Waals surface area contributed by atoms with E-state index < -0.39 is 0 Å². The summed E-state index contributed by atoms with van der Waals surface area (Å²) in [7, 11) is 0. The highest BCUT2D eigenvalue weighted by molar-refractivity contribution is 5.91. The molecule has 0 bridgehead atoms. The van der Waals surface area contributed by atoms with Crippen LogP contribution in [0.4, 0.5) is 11.8 Å². The van der Waals surface area contributed by atoms with E-state index in [9.17, 15) is 4.79 Å². The van der Waals surface area contributed by atoms with Crippen molar-refractivity contribution >= 4 is 23.7 Å². The predicted octanol–water partition coefficient (Wildman–Crippen LogP) is 2.58. The van der Waals surface area contributed by atoms with Crippen LogP contribution in [0.2, 0.25) is 0 Å². The first-order valence-electron chi connectivity index (χ1n) is 9.02. The van der Waals surface area contributed by atoms with E-state index in [4.69, 9.17) is 0 Å². The van der Waals surface area contributed by atoms with E-state index in [-0.39, 0.29) is 5.91 Å². The minimum Gasteiger partial charge on any atom is -0.354 e. The lowest BCUT2D eigenvalue weighted by atomic mass is 10.2. The Morgan fingerprint density at radius 3 is 2.58 bits per heavy atom. The van der Waals surface area contributed by atoms with Crippen molar-refractivity contribution in [3.8, 4) is 0 Å². The molecular formula is C20H25N5O. The first-order valence-corrected chi connectivity index (χ1v) is 9.02. The Balaban J connectivity index is 1.59. The topological polar surface area (TPSA) is 61.4 Å². The smallest absolute Gasteiger partial charge is 0.246 e. The van der Waals surface area contributed by atoms with Gasteiger partial charge < -0.3 is 15.1 Å². The average Bonchev–Trinajstić information content (AvgIpc) is 2.67. The van der Waals surface area contributed by atoms with E-state index in [0.717, 1.165) is 36.7 Å². The third kappa shape index (κ3) is 4.59. The van der Waals surface area contributed by atoms with Crippen LogP contribution < -0.4 is 10.2 Å². The van der Waals surface area contributed by atoms with E-state index in [0.29, 0.717) is 19.0 Å². The van der Waals surface area contributed by atoms with Gasteiger partial charge in [-0.05, 0) is 25.5 Å². The minimum absolute atomic E-state index is 0.0562. The van der Waals surface area contributed by atoms with Gasteiger partial charge in [-0.1, -0.05) is 30.3 Å². The molecule has 2 heterocycles. The van der Waals surface area contributed by atoms with Crippen molar-refractivity contribution in [1.82, 2.24) is 14.9 Å². The summed E-state index contributed by atoms with van der Waals surface area (Å²) in [5.74, 6) is 1.63. The summed E-state index contributed by atoms with van der Waals surface area (Å²) in [6.45, 7) is 7.72. The Labute approximate surface area is 154 Å². The second-order valence-electron chi connectivity index (χ2n) is 6.28. The molecule has 1 fully saturated rings. The van der Waals surface area contributed by atoms with Gasteiger partial charge in [0, 0.05) is 50.6 Å². The molecule has 0 unspecified atom stereocenters. The van der Waals surface area contributed by atoms with E-state index in [1.165, 1.54) is 0 Å². The van der Waals surface area contributed by atoms with Crippen molar-refractivity contribution in [1.29, 1.82) is 0 Å². The van der Waals surface area contributed by atoms with Crippen molar-refractivity contribution in [3.63, 3.8) is 0 Å². The lowest BCUT2D eigenvalue weighted by Crippen LogP contribution is -2.48. The molecule has 0 saturated carbocycles. The fraction of sp³-hybridized carbons (Fsp3) is 0.350. The number of nitrogens with one attached hydrogen (secondary N) is 1. The van der Waals surface area contributed by atoms with Gasteiger partial charge >= 0.3 is 0 Å². The quantitative estimate of drug-likeness (QED) is 0.839. The van der Waals surface area contributed by atoms with Crippen molar-refractivity contribution in [2.75, 3.05) is 42.9 Å². The molecule has 1 saturated heterocycles. The van der Waals surface area contributed by atoms with Crippen molar-refractivity contribution in [2.45, 2.75) is 13.8 Å². The Bertz CT molecular complexity index is 767. The highest BCUT2D eigenvalue weighted by Crippen LogP contribution is 2.17. The van der Waals surface area contributed by atoms with Crippen LogP contribution in [0.25, 0.3) is 6.08 Å². The summed E-state index contributed by atoms with van der Waals surface area (Å²) >= 11 is 0. The van der Waals surface area contributed by atoms with Gasteiger partial charge in [-0.25, -0.2) is 4.98 Å². The molecule has 136 valence electrons. The number of nitrogens with zero attached hydrogens (tertiary/aromatic N) is 4. The van der Waals surface area contributed by atoms with Gasteiger partial charge in [0.25, 0.3) is 0 Å². The number of carbonyl (C=O) groups excluding carboxylic acids is 1. The maximum atomic E-state index is 12.4. The van der Waals surface area contributed by atoms with Gasteiger partial charge in [0.2, 0.25) is 11.9 Å². The van der Waals surface area contributed by atoms with Gasteiger partial charge in [-0.3, -0.25) is 4.79 Å². The van der Waals surface area contributed by atoms with E-state index in [1.54, 1.807) is 6.08 Å². The fourth-order valence-electron chi connectivity index (χ4n) is 2.94. The number of anilines is 2. The Morgan fingerprint density at radius 2 is 1.88 bits per heavy atom. The Hall–Kier alpha value is -2.89. The number of aryl methyl sites for hydroxylation is 1. The zero-order valence-corrected chi connectivity index (χ0v) is 15.4. The summed E-state index contributed by atoms with van der Waals surface area (Å²) in [6, 6.07) is 11.9. The van der Waals surface area contributed by atoms with Crippen LogP contribution >= 0.6 is 0 Å². The van der Waals surface area contributed by atoms with Crippen LogP contribution in [-0.2, 0) is 4.79 Å². The number of piperazine rings is 1. The molecule has 3 rings (SSSR count). The van der Waals surface area contributed by atoms with E-state index >= 15 is 0 Å². The highest BCUT2D eigenvalue weighted by atomic mass is 16.2. The number of aromatic nitrogens is 2. The number of hydrogen-bond donors (Lipinski definition) is 1. The number of rotatable bonds is 5. The zero-order chi connectivity index (χ0) is 18.4. The summed E-state index contributed by atoms with van der Waals surface area (Å²) in [6.07, 6.45) is 3.52. The normalized spacial score (nSPS) is 14.7. The molecule has 0 radical (unpaired) electrons. The lowest BCUT2D eigenvalue weighted by molar-refractivity contribution is -0.126. The number of benzene rings is 1. The first-order chi connectivity index (χ1) is 12.7. The molecule has 1 aromatic heterocycles. The molecule has 1 aliphatic heterocycles. The van der Waals surface area contributed by atoms with Gasteiger partial charge in [-0.15, -0.1) is 0 Å². The lowest BCUT2D eigenvalue weighted by Gasteiger charge is -2.35. The van der Waals surface area contributed by atoms with Crippen LogP contribution in [-0.4, -0.2) is 53.5 Å². The third-order valence-electron chi connectivity index (χ3n) is 4.31. The second kappa shape index (κ2) is 8.47. The summed E-state index contributed by atoms with van der Waals surface area (Å²) in [5, 5.41) is 3.16. The molecule has 2 aromatic rings. The maximum absolute atomic E-state index is 12.4. The minimum atomic E-state index is 0.0562. The fourth-order valence-corrected chi connectivity index (χ4v) is 2.94. The molecule has 26 heavy (non-hydrogen) atoms. The molecule has 6 nitrogen and oxygen atoms in total. The van der Waals surface area contributed by atoms with Crippen LogP contribution in [0.5, 0.6) is 0 Å². The molecule has 1 amide bonds. The van der Waals surface area contributed by atoms with Crippen LogP contribution in [0.15, 0.2) is 42.5 Å². The second-order valence-corrected chi connectivity index (χ2v) is 6.28. The molecule has 0 aliphatic carbocycles. The molecule has 0 spiro atoms. The number of amides is 1. The van der Waals surface area contributed by atoms with Gasteiger partial charge in [0.1, 0.15) is 5.82 Å². The highest BCUT2D eigenvalue weighted by Gasteiger charge is 2.21. The average molecular weight is 351 g/mol. The number of carbonyl (C=O) groups is 1. The van der Waals surface area contributed by atoms with Crippen LogP contribution in [0, 0.1) is 6.92 Å². The standard InChI is InChI=1S/C20H25N5O/c1-3-21-20-22-16(2)15-18(23-20)24-11-13-25(14-12-24)19(26)10-9-17-7-5-4-6-8-17/h4-10,15H,3,11-14H2,1-2H3,(H,21,22,23)/b10-9+. The predicted molar refractivity (Wildman–Crippen MR) is 105 cm³/mol. The Morgan fingerprint density at radius 1 is 1.15 bits per heavy atom. The van der Waals surface area contributed by atoms with Crippen LogP contribution in [0.3, 0.4) is 0 Å². The van der Waals surface area contributed by atoms with Crippen molar-refractivity contribution < 1.29 is 4.79 Å². The molecule has 1 aliphatic rings. The van der Waals surface area contributed by atoms with Crippen LogP contribution in [0.1, 0.15) is 18.2 Å². The largest absolute Gasteiger partial charge is 0.354 e. The maximum Gasteiger partial charge on any atom is 0.246 e. The zero-order valence-electron chi connectivity index (χ0n) is 15.4. The van der Waals surface area contributed by atoms with Crippen molar-refractivity contribution in [2.24, 2.45) is 0 Å². The summed E-state index contributed by atoms with van der Waals surface area (Å²) < 4.78 is 0. The first kappa shape index (κ1) is 17.9. The molecule has 6 heteroatoms. The summed E-state index contributed by atoms with van der Waals surface area (Å²) in [5.41, 5.74) is 1.97. The van der Waals surface area contributed by atoms with E-state index in [1.807, 2.05) is 61.2 Å². The molecular weight excluding hydrogens is 326 g/mol. The van der Waals surface area contributed by atoms with Gasteiger partial charge in [0.05, 0.1) is 0 Å². The third-order valence-corrected chi connectivity index (χ3v) is 4.31. The molecule has 0 atom stereocenters. The molecule has 1 N–H and O–H groups in total. The number of hydrogen-bond acceptors (Lipinski definition) is 5. The van der Waals surface area contributed by atoms with Crippen molar-refractivity contribution in [3.05, 3.63) is 53.7 Å². The van der Waals surface area contributed by atoms with Gasteiger partial charge in [0.15, 0.2) is 0 Å². The summed E-state index contributed by atoms with van der Waals surface area (Å²) in [4.78, 5) is 25.5. The molecule has 1 aromatic carbocycles. The Kier molecular flexibility index (Phi) is 5.84. The van der Waals surface area contributed by atoms with Gasteiger partial charge in [-0.2, -0.15) is 4.98 Å².